The third kappa shape index (κ3) is 3.34. The molecule has 1 amide bonds. The minimum Gasteiger partial charge on any atom is -0.444 e. The first-order valence-electron chi connectivity index (χ1n) is 4.70. The zero-order valence-electron chi connectivity index (χ0n) is 9.16. The molecular weight excluding hydrogens is 241 g/mol. The predicted octanol–water partition coefficient (Wildman–Crippen LogP) is 0.399. The first kappa shape index (κ1) is 13.2. The molecule has 0 atom stereocenters. The number of alkyl carbamates (subject to hydrolysis) is 1. The zero-order chi connectivity index (χ0) is 13.7. The van der Waals surface area contributed by atoms with Crippen molar-refractivity contribution in [3.63, 3.8) is 0 Å². The molecule has 0 aliphatic heterocycles. The Hall–Kier alpha value is -2.82. The van der Waals surface area contributed by atoms with E-state index in [1.807, 2.05) is 5.32 Å². The van der Waals surface area contributed by atoms with E-state index in [-0.39, 0.29) is 23.4 Å². The van der Waals surface area contributed by atoms with E-state index < -0.39 is 17.9 Å². The largest absolute Gasteiger partial charge is 0.444 e. The van der Waals surface area contributed by atoms with E-state index in [0.717, 1.165) is 6.07 Å². The number of carbonyl (C=O) groups is 1. The predicted molar refractivity (Wildman–Crippen MR) is 60.8 cm³/mol. The number of hydrogen-bond donors (Lipinski definition) is 4. The average molecular weight is 251 g/mol. The number of rotatable bonds is 2. The van der Waals surface area contributed by atoms with E-state index >= 15 is 0 Å². The van der Waals surface area contributed by atoms with Crippen molar-refractivity contribution in [1.82, 2.24) is 5.32 Å². The van der Waals surface area contributed by atoms with E-state index in [4.69, 9.17) is 22.1 Å². The van der Waals surface area contributed by atoms with Crippen LogP contribution in [-0.4, -0.2) is 12.1 Å². The summed E-state index contributed by atoms with van der Waals surface area (Å²) in [5, 5.41) is 17.3. The third-order valence-electron chi connectivity index (χ3n) is 1.90. The van der Waals surface area contributed by atoms with Gasteiger partial charge in [-0.05, 0) is 17.7 Å². The maximum absolute atomic E-state index is 13.3. The van der Waals surface area contributed by atoms with Crippen LogP contribution in [0.4, 0.5) is 14.9 Å². The summed E-state index contributed by atoms with van der Waals surface area (Å²) in [5.74, 6) is -1.35. The zero-order valence-corrected chi connectivity index (χ0v) is 9.16. The van der Waals surface area contributed by atoms with E-state index in [0.29, 0.717) is 0 Å². The second-order valence-corrected chi connectivity index (χ2v) is 3.27. The monoisotopic (exact) mass is 251 g/mol. The molecule has 8 heteroatoms. The lowest BCUT2D eigenvalue weighted by molar-refractivity contribution is 0.145. The fourth-order valence-electron chi connectivity index (χ4n) is 1.18. The molecule has 0 bridgehead atoms. The molecule has 0 saturated heterocycles. The number of nitrogens with two attached hydrogens (primary N) is 2. The van der Waals surface area contributed by atoms with Gasteiger partial charge in [0.15, 0.2) is 5.96 Å². The molecule has 94 valence electrons. The van der Waals surface area contributed by atoms with Gasteiger partial charge in [0.25, 0.3) is 0 Å². The summed E-state index contributed by atoms with van der Waals surface area (Å²) in [6.45, 7) is -0.258. The van der Waals surface area contributed by atoms with Crippen LogP contribution in [-0.2, 0) is 11.3 Å². The fraction of sp³-hybridized carbons (Fsp3) is 0.100. The van der Waals surface area contributed by atoms with Crippen LogP contribution in [0.2, 0.25) is 0 Å². The van der Waals surface area contributed by atoms with Gasteiger partial charge in [-0.1, -0.05) is 0 Å². The van der Waals surface area contributed by atoms with Crippen molar-refractivity contribution in [3.8, 4) is 6.07 Å². The number of anilines is 1. The van der Waals surface area contributed by atoms with Gasteiger partial charge >= 0.3 is 6.09 Å². The van der Waals surface area contributed by atoms with E-state index in [1.54, 1.807) is 6.07 Å². The van der Waals surface area contributed by atoms with E-state index in [2.05, 4.69) is 4.74 Å². The Balaban J connectivity index is 2.73. The number of amides is 1. The molecular formula is C10H10FN5O2. The Labute approximate surface area is 102 Å². The summed E-state index contributed by atoms with van der Waals surface area (Å²) in [5.41, 5.74) is 10.3. The van der Waals surface area contributed by atoms with Gasteiger partial charge in [0, 0.05) is 0 Å². The molecule has 0 heterocycles. The molecule has 0 fully saturated rings. The average Bonchev–Trinajstić information content (AvgIpc) is 2.25. The van der Waals surface area contributed by atoms with Crippen molar-refractivity contribution >= 4 is 17.7 Å². The number of nitrogens with one attached hydrogen (secondary N) is 2. The Morgan fingerprint density at radius 1 is 1.61 bits per heavy atom. The number of nitrogen functional groups attached to an aromatic ring is 1. The molecule has 18 heavy (non-hydrogen) atoms. The van der Waals surface area contributed by atoms with Crippen molar-refractivity contribution in [2.24, 2.45) is 5.73 Å². The highest BCUT2D eigenvalue weighted by molar-refractivity contribution is 5.90. The highest BCUT2D eigenvalue weighted by atomic mass is 19.1. The third-order valence-corrected chi connectivity index (χ3v) is 1.90. The van der Waals surface area contributed by atoms with Crippen molar-refractivity contribution in [2.75, 3.05) is 5.73 Å². The van der Waals surface area contributed by atoms with Crippen LogP contribution in [0.1, 0.15) is 11.1 Å². The summed E-state index contributed by atoms with van der Waals surface area (Å²) >= 11 is 0. The Bertz CT molecular complexity index is 515. The number of ether oxygens (including phenoxy) is 1. The molecule has 0 aromatic heterocycles. The minimum absolute atomic E-state index is 0.0388. The second kappa shape index (κ2) is 5.49. The van der Waals surface area contributed by atoms with Gasteiger partial charge in [-0.15, -0.1) is 0 Å². The van der Waals surface area contributed by atoms with Gasteiger partial charge in [-0.3, -0.25) is 10.7 Å². The van der Waals surface area contributed by atoms with Crippen molar-refractivity contribution < 1.29 is 13.9 Å². The quantitative estimate of drug-likeness (QED) is 0.342. The van der Waals surface area contributed by atoms with Crippen LogP contribution >= 0.6 is 0 Å². The summed E-state index contributed by atoms with van der Waals surface area (Å²) in [6.07, 6.45) is -0.939. The maximum atomic E-state index is 13.3. The molecule has 0 unspecified atom stereocenters. The molecule has 0 aliphatic carbocycles. The number of guanidine groups is 1. The molecule has 0 saturated carbocycles. The molecule has 0 radical (unpaired) electrons. The number of nitriles is 1. The van der Waals surface area contributed by atoms with Gasteiger partial charge in [0.2, 0.25) is 0 Å². The van der Waals surface area contributed by atoms with Crippen molar-refractivity contribution in [1.29, 1.82) is 10.7 Å². The molecule has 0 aliphatic rings. The van der Waals surface area contributed by atoms with Gasteiger partial charge in [0.1, 0.15) is 24.1 Å². The second-order valence-electron chi connectivity index (χ2n) is 3.27. The Morgan fingerprint density at radius 2 is 2.28 bits per heavy atom. The van der Waals surface area contributed by atoms with Gasteiger partial charge in [-0.25, -0.2) is 9.18 Å². The maximum Gasteiger partial charge on any atom is 0.414 e. The summed E-state index contributed by atoms with van der Waals surface area (Å²) in [7, 11) is 0. The molecule has 7 nitrogen and oxygen atoms in total. The first-order valence-corrected chi connectivity index (χ1v) is 4.70. The van der Waals surface area contributed by atoms with Crippen molar-refractivity contribution in [2.45, 2.75) is 6.61 Å². The fourth-order valence-corrected chi connectivity index (χ4v) is 1.18. The lowest BCUT2D eigenvalue weighted by Gasteiger charge is -2.07. The lowest BCUT2D eigenvalue weighted by Crippen LogP contribution is -2.35. The minimum atomic E-state index is -0.939. The molecule has 1 rings (SSSR count). The van der Waals surface area contributed by atoms with E-state index in [1.165, 1.54) is 6.07 Å². The number of carbonyl (C=O) groups excluding carboxylic acids is 1. The highest BCUT2D eigenvalue weighted by Gasteiger charge is 2.10. The topological polar surface area (TPSA) is 138 Å². The smallest absolute Gasteiger partial charge is 0.414 e. The van der Waals surface area contributed by atoms with Gasteiger partial charge < -0.3 is 16.2 Å². The molecule has 0 spiro atoms. The molecule has 1 aromatic carbocycles. The molecule has 1 aromatic rings. The Kier molecular flexibility index (Phi) is 4.04. The van der Waals surface area contributed by atoms with Gasteiger partial charge in [-0.2, -0.15) is 5.26 Å². The number of halogens is 1. The number of benzene rings is 1. The van der Waals surface area contributed by atoms with Gasteiger partial charge in [0.05, 0.1) is 5.69 Å². The van der Waals surface area contributed by atoms with Crippen LogP contribution in [0.3, 0.4) is 0 Å². The normalized spacial score (nSPS) is 9.33. The number of nitrogens with zero attached hydrogens (tertiary/aromatic N) is 1. The lowest BCUT2D eigenvalue weighted by atomic mass is 10.1. The van der Waals surface area contributed by atoms with Crippen molar-refractivity contribution in [3.05, 3.63) is 29.1 Å². The van der Waals surface area contributed by atoms with Crippen LogP contribution in [0.5, 0.6) is 0 Å². The molecule has 6 N–H and O–H groups in total. The number of hydrogen-bond acceptors (Lipinski definition) is 5. The van der Waals surface area contributed by atoms with Crippen LogP contribution in [0, 0.1) is 22.6 Å². The van der Waals surface area contributed by atoms with Crippen LogP contribution in [0.15, 0.2) is 12.1 Å². The summed E-state index contributed by atoms with van der Waals surface area (Å²) < 4.78 is 18.0. The highest BCUT2D eigenvalue weighted by Crippen LogP contribution is 2.18. The summed E-state index contributed by atoms with van der Waals surface area (Å²) in [6, 6.07) is 3.98. The standard InChI is InChI=1S/C10H10FN5O2/c11-7-1-5(2-8(13)6(7)3-12)4-18-10(17)16-9(14)15/h1-2H,4,13H2,(H4,14,15,16,17). The van der Waals surface area contributed by atoms with E-state index in [9.17, 15) is 9.18 Å². The first-order chi connectivity index (χ1) is 8.43. The van der Waals surface area contributed by atoms with Crippen LogP contribution in [0.25, 0.3) is 0 Å². The SMILES string of the molecule is N#Cc1c(N)cc(COC(=O)NC(=N)N)cc1F. The Morgan fingerprint density at radius 3 is 2.78 bits per heavy atom. The van der Waals surface area contributed by atoms with Crippen LogP contribution < -0.4 is 16.8 Å². The summed E-state index contributed by atoms with van der Waals surface area (Å²) in [4.78, 5) is 11.0.